The van der Waals surface area contributed by atoms with E-state index in [9.17, 15) is 14.7 Å². The number of ether oxygens (including phenoxy) is 2. The third kappa shape index (κ3) is 5.68. The molecule has 1 aromatic rings. The van der Waals surface area contributed by atoms with Crippen molar-refractivity contribution in [2.75, 3.05) is 59.1 Å². The van der Waals surface area contributed by atoms with Crippen LogP contribution in [0.25, 0.3) is 5.57 Å². The number of piperazine rings is 1. The average molecular weight is 446 g/mol. The molecular weight excluding hydrogens is 410 g/mol. The molecule has 0 aliphatic carbocycles. The van der Waals surface area contributed by atoms with Crippen LogP contribution < -0.4 is 4.74 Å². The molecule has 176 valence electrons. The molecule has 1 saturated heterocycles. The number of imide groups is 1. The van der Waals surface area contributed by atoms with Crippen LogP contribution in [0.5, 0.6) is 5.75 Å². The summed E-state index contributed by atoms with van der Waals surface area (Å²) in [6.45, 7) is 10.7. The lowest BCUT2D eigenvalue weighted by Gasteiger charge is -2.36. The molecule has 1 aromatic carbocycles. The quantitative estimate of drug-likeness (QED) is 0.409. The third-order valence-electron chi connectivity index (χ3n) is 5.68. The molecule has 0 unspecified atom stereocenters. The Kier molecular flexibility index (Phi) is 8.67. The van der Waals surface area contributed by atoms with Crippen molar-refractivity contribution in [3.8, 4) is 5.75 Å². The van der Waals surface area contributed by atoms with Crippen LogP contribution in [0.2, 0.25) is 0 Å². The van der Waals surface area contributed by atoms with Gasteiger partial charge in [0.25, 0.3) is 11.8 Å². The second-order valence-electron chi connectivity index (χ2n) is 8.27. The largest absolute Gasteiger partial charge is 0.494 e. The number of carbonyl (C=O) groups excluding carboxylic acids is 2. The van der Waals surface area contributed by atoms with Crippen molar-refractivity contribution in [3.63, 3.8) is 0 Å². The summed E-state index contributed by atoms with van der Waals surface area (Å²) in [7, 11) is 0. The van der Waals surface area contributed by atoms with Gasteiger partial charge >= 0.3 is 0 Å². The Morgan fingerprint density at radius 1 is 1.00 bits per heavy atom. The van der Waals surface area contributed by atoms with Gasteiger partial charge in [-0.15, -0.1) is 0 Å². The van der Waals surface area contributed by atoms with E-state index in [1.54, 1.807) is 0 Å². The molecule has 0 saturated carbocycles. The minimum Gasteiger partial charge on any atom is -0.494 e. The van der Waals surface area contributed by atoms with Gasteiger partial charge < -0.3 is 19.5 Å². The maximum Gasteiger partial charge on any atom is 0.277 e. The zero-order chi connectivity index (χ0) is 23.1. The zero-order valence-corrected chi connectivity index (χ0v) is 19.4. The van der Waals surface area contributed by atoms with Crippen molar-refractivity contribution in [1.82, 2.24) is 14.7 Å². The fraction of sp³-hybridized carbons (Fsp3) is 0.583. The van der Waals surface area contributed by atoms with E-state index in [1.165, 1.54) is 4.90 Å². The van der Waals surface area contributed by atoms with Gasteiger partial charge in [-0.3, -0.25) is 19.4 Å². The first kappa shape index (κ1) is 24.2. The van der Waals surface area contributed by atoms with E-state index in [-0.39, 0.29) is 24.5 Å². The summed E-state index contributed by atoms with van der Waals surface area (Å²) in [6.07, 6.45) is 0.715. The van der Waals surface area contributed by atoms with Gasteiger partial charge in [-0.2, -0.15) is 0 Å². The molecule has 8 nitrogen and oxygen atoms in total. The number of benzene rings is 1. The second kappa shape index (κ2) is 11.4. The fourth-order valence-electron chi connectivity index (χ4n) is 4.08. The number of amides is 2. The summed E-state index contributed by atoms with van der Waals surface area (Å²) in [5.41, 5.74) is 1.66. The Morgan fingerprint density at radius 2 is 1.69 bits per heavy atom. The standard InChI is InChI=1S/C24H35N3O5/c1-4-31-20-8-6-19(7-9-20)21-22(26-13-11-25(12-14-26)15-16-28)24(30)27(23(21)29)10-5-17-32-18(2)3/h6-9,18,28H,4-5,10-17H2,1-3H3. The molecule has 3 rings (SSSR count). The van der Waals surface area contributed by atoms with Gasteiger partial charge in [-0.1, -0.05) is 12.1 Å². The maximum absolute atomic E-state index is 13.4. The molecule has 1 fully saturated rings. The molecule has 0 bridgehead atoms. The number of hydrogen-bond donors (Lipinski definition) is 1. The van der Waals surface area contributed by atoms with Gasteiger partial charge in [-0.25, -0.2) is 0 Å². The number of aliphatic hydroxyl groups is 1. The third-order valence-corrected chi connectivity index (χ3v) is 5.68. The van der Waals surface area contributed by atoms with E-state index in [0.29, 0.717) is 57.1 Å². The first-order valence-corrected chi connectivity index (χ1v) is 11.5. The lowest BCUT2D eigenvalue weighted by Crippen LogP contribution is -2.48. The molecular formula is C24H35N3O5. The van der Waals surface area contributed by atoms with Crippen molar-refractivity contribution in [3.05, 3.63) is 35.5 Å². The Morgan fingerprint density at radius 3 is 2.28 bits per heavy atom. The van der Waals surface area contributed by atoms with E-state index in [0.717, 1.165) is 24.4 Å². The normalized spacial score (nSPS) is 17.8. The number of nitrogens with zero attached hydrogens (tertiary/aromatic N) is 3. The maximum atomic E-state index is 13.4. The van der Waals surface area contributed by atoms with Crippen LogP contribution in [0.1, 0.15) is 32.8 Å². The van der Waals surface area contributed by atoms with Crippen LogP contribution in [0, 0.1) is 0 Å². The molecule has 32 heavy (non-hydrogen) atoms. The molecule has 2 aliphatic rings. The number of carbonyl (C=O) groups is 2. The summed E-state index contributed by atoms with van der Waals surface area (Å²) in [5, 5.41) is 9.21. The lowest BCUT2D eigenvalue weighted by atomic mass is 10.0. The number of rotatable bonds is 11. The van der Waals surface area contributed by atoms with E-state index >= 15 is 0 Å². The van der Waals surface area contributed by atoms with Gasteiger partial charge in [0.15, 0.2) is 0 Å². The van der Waals surface area contributed by atoms with Gasteiger partial charge in [0, 0.05) is 45.9 Å². The predicted octanol–water partition coefficient (Wildman–Crippen LogP) is 1.59. The summed E-state index contributed by atoms with van der Waals surface area (Å²) < 4.78 is 11.1. The number of hydrogen-bond acceptors (Lipinski definition) is 7. The molecule has 0 atom stereocenters. The van der Waals surface area contributed by atoms with Crippen LogP contribution in [0.4, 0.5) is 0 Å². The highest BCUT2D eigenvalue weighted by atomic mass is 16.5. The minimum atomic E-state index is -0.253. The van der Waals surface area contributed by atoms with E-state index < -0.39 is 0 Å². The minimum absolute atomic E-state index is 0.114. The highest BCUT2D eigenvalue weighted by Crippen LogP contribution is 2.33. The lowest BCUT2D eigenvalue weighted by molar-refractivity contribution is -0.137. The van der Waals surface area contributed by atoms with Crippen molar-refractivity contribution in [2.24, 2.45) is 0 Å². The Hall–Kier alpha value is -2.42. The summed E-state index contributed by atoms with van der Waals surface area (Å²) in [4.78, 5) is 32.3. The molecule has 0 aromatic heterocycles. The smallest absolute Gasteiger partial charge is 0.277 e. The molecule has 2 amide bonds. The van der Waals surface area contributed by atoms with Crippen molar-refractivity contribution in [2.45, 2.75) is 33.3 Å². The molecule has 1 N–H and O–H groups in total. The van der Waals surface area contributed by atoms with E-state index in [1.807, 2.05) is 49.9 Å². The van der Waals surface area contributed by atoms with Crippen LogP contribution in [0.3, 0.4) is 0 Å². The highest BCUT2D eigenvalue weighted by Gasteiger charge is 2.41. The zero-order valence-electron chi connectivity index (χ0n) is 19.4. The van der Waals surface area contributed by atoms with Gasteiger partial charge in [0.1, 0.15) is 11.4 Å². The second-order valence-corrected chi connectivity index (χ2v) is 8.27. The number of β-amino-alcohol motifs (C(OH)–C–C–N with tert-alkyl or cyclic N) is 1. The summed E-state index contributed by atoms with van der Waals surface area (Å²) >= 11 is 0. The van der Waals surface area contributed by atoms with Crippen LogP contribution in [-0.2, 0) is 14.3 Å². The SMILES string of the molecule is CCOc1ccc(C2=C(N3CCN(CCO)CC3)C(=O)N(CCCOC(C)C)C2=O)cc1. The Bertz CT molecular complexity index is 813. The van der Waals surface area contributed by atoms with Crippen molar-refractivity contribution >= 4 is 17.4 Å². The van der Waals surface area contributed by atoms with Crippen LogP contribution >= 0.6 is 0 Å². The monoisotopic (exact) mass is 445 g/mol. The number of aliphatic hydroxyl groups excluding tert-OH is 1. The molecule has 0 radical (unpaired) electrons. The van der Waals surface area contributed by atoms with Crippen molar-refractivity contribution in [1.29, 1.82) is 0 Å². The first-order valence-electron chi connectivity index (χ1n) is 11.5. The Labute approximate surface area is 190 Å². The van der Waals surface area contributed by atoms with Crippen molar-refractivity contribution < 1.29 is 24.2 Å². The highest BCUT2D eigenvalue weighted by molar-refractivity contribution is 6.35. The predicted molar refractivity (Wildman–Crippen MR) is 122 cm³/mol. The summed E-state index contributed by atoms with van der Waals surface area (Å²) in [6, 6.07) is 7.36. The molecule has 8 heteroatoms. The molecule has 2 aliphatic heterocycles. The van der Waals surface area contributed by atoms with Gasteiger partial charge in [-0.05, 0) is 44.9 Å². The van der Waals surface area contributed by atoms with Gasteiger partial charge in [0.05, 0.1) is 24.9 Å². The molecule has 0 spiro atoms. The van der Waals surface area contributed by atoms with Gasteiger partial charge in [0.2, 0.25) is 0 Å². The van der Waals surface area contributed by atoms with Crippen LogP contribution in [-0.4, -0.2) is 96.8 Å². The fourth-order valence-corrected chi connectivity index (χ4v) is 4.08. The van der Waals surface area contributed by atoms with Crippen LogP contribution in [0.15, 0.2) is 30.0 Å². The Balaban J connectivity index is 1.84. The summed E-state index contributed by atoms with van der Waals surface area (Å²) in [5.74, 6) is 0.242. The average Bonchev–Trinajstić information content (AvgIpc) is 3.02. The van der Waals surface area contributed by atoms with E-state index in [2.05, 4.69) is 4.90 Å². The first-order chi connectivity index (χ1) is 15.5. The van der Waals surface area contributed by atoms with E-state index in [4.69, 9.17) is 9.47 Å². The molecule has 2 heterocycles. The topological polar surface area (TPSA) is 82.6 Å².